The van der Waals surface area contributed by atoms with Crippen molar-refractivity contribution in [3.63, 3.8) is 0 Å². The molecule has 0 bridgehead atoms. The summed E-state index contributed by atoms with van der Waals surface area (Å²) in [6.07, 6.45) is 0.277. The third kappa shape index (κ3) is 11.2. The second kappa shape index (κ2) is 17.1. The maximum absolute atomic E-state index is 12.0. The zero-order chi connectivity index (χ0) is 26.8. The summed E-state index contributed by atoms with van der Waals surface area (Å²) in [7, 11) is 0. The SMILES string of the molecule is Cc1nnc(-c2ccc(CNC(=O)CCOCCOCCOCCOc3ccc(CON)cc3)cc2)nn1. The van der Waals surface area contributed by atoms with E-state index in [1.54, 1.807) is 6.92 Å². The van der Waals surface area contributed by atoms with Crippen LogP contribution in [0, 0.1) is 6.92 Å². The third-order valence-electron chi connectivity index (χ3n) is 5.17. The van der Waals surface area contributed by atoms with Crippen LogP contribution < -0.4 is 16.0 Å². The van der Waals surface area contributed by atoms with E-state index in [9.17, 15) is 4.79 Å². The monoisotopic (exact) mass is 526 g/mol. The van der Waals surface area contributed by atoms with Gasteiger partial charge in [-0.3, -0.25) is 9.63 Å². The Labute approximate surface area is 221 Å². The number of nitrogens with two attached hydrogens (primary N) is 1. The van der Waals surface area contributed by atoms with Crippen LogP contribution in [-0.4, -0.2) is 72.6 Å². The first-order valence-electron chi connectivity index (χ1n) is 12.3. The number of carbonyl (C=O) groups is 1. The maximum Gasteiger partial charge on any atom is 0.222 e. The molecule has 1 heterocycles. The van der Waals surface area contributed by atoms with Crippen molar-refractivity contribution in [2.75, 3.05) is 46.2 Å². The summed E-state index contributed by atoms with van der Waals surface area (Å²) in [4.78, 5) is 16.6. The van der Waals surface area contributed by atoms with Crippen molar-refractivity contribution >= 4 is 5.91 Å². The second-order valence-corrected chi connectivity index (χ2v) is 8.14. The minimum Gasteiger partial charge on any atom is -0.491 e. The Morgan fingerprint density at radius 1 is 0.763 bits per heavy atom. The van der Waals surface area contributed by atoms with E-state index in [1.165, 1.54) is 0 Å². The molecular weight excluding hydrogens is 492 g/mol. The first-order valence-corrected chi connectivity index (χ1v) is 12.3. The highest BCUT2D eigenvalue weighted by Crippen LogP contribution is 2.14. The lowest BCUT2D eigenvalue weighted by atomic mass is 10.1. The van der Waals surface area contributed by atoms with Crippen molar-refractivity contribution < 1.29 is 28.6 Å². The Hall–Kier alpha value is -3.55. The Bertz CT molecular complexity index is 1070. The summed E-state index contributed by atoms with van der Waals surface area (Å²) in [5.41, 5.74) is 2.75. The normalized spacial score (nSPS) is 10.9. The quantitative estimate of drug-likeness (QED) is 0.184. The molecule has 0 spiro atoms. The zero-order valence-electron chi connectivity index (χ0n) is 21.5. The van der Waals surface area contributed by atoms with Gasteiger partial charge in [0, 0.05) is 18.5 Å². The van der Waals surface area contributed by atoms with Crippen LogP contribution in [0.2, 0.25) is 0 Å². The zero-order valence-corrected chi connectivity index (χ0v) is 21.5. The fraction of sp³-hybridized carbons (Fsp3) is 0.423. The molecule has 0 aliphatic heterocycles. The number of aromatic nitrogens is 4. The van der Waals surface area contributed by atoms with Gasteiger partial charge in [0.25, 0.3) is 0 Å². The van der Waals surface area contributed by atoms with E-state index in [1.807, 2.05) is 48.5 Å². The first kappa shape index (κ1) is 29.0. The van der Waals surface area contributed by atoms with Gasteiger partial charge in [0.1, 0.15) is 12.4 Å². The molecule has 0 radical (unpaired) electrons. The molecule has 0 atom stereocenters. The average molecular weight is 527 g/mol. The first-order chi connectivity index (χ1) is 18.6. The summed E-state index contributed by atoms with van der Waals surface area (Å²) >= 11 is 0. The van der Waals surface area contributed by atoms with Crippen molar-refractivity contribution in [1.82, 2.24) is 25.7 Å². The van der Waals surface area contributed by atoms with Gasteiger partial charge >= 0.3 is 0 Å². The number of hydrogen-bond acceptors (Lipinski definition) is 11. The van der Waals surface area contributed by atoms with Gasteiger partial charge in [0.2, 0.25) is 11.7 Å². The Morgan fingerprint density at radius 3 is 1.97 bits per heavy atom. The molecule has 0 saturated carbocycles. The van der Waals surface area contributed by atoms with Crippen molar-refractivity contribution in [2.24, 2.45) is 5.90 Å². The van der Waals surface area contributed by atoms with Crippen LogP contribution in [0.15, 0.2) is 48.5 Å². The van der Waals surface area contributed by atoms with Gasteiger partial charge in [-0.25, -0.2) is 5.90 Å². The van der Waals surface area contributed by atoms with Crippen LogP contribution in [0.5, 0.6) is 5.75 Å². The summed E-state index contributed by atoms with van der Waals surface area (Å²) in [5, 5.41) is 18.7. The molecule has 3 aromatic rings. The molecular formula is C26H34N6O6. The van der Waals surface area contributed by atoms with Crippen molar-refractivity contribution in [1.29, 1.82) is 0 Å². The number of benzene rings is 2. The van der Waals surface area contributed by atoms with Crippen LogP contribution in [0.1, 0.15) is 23.4 Å². The molecule has 38 heavy (non-hydrogen) atoms. The number of nitrogens with one attached hydrogen (secondary N) is 1. The largest absolute Gasteiger partial charge is 0.491 e. The third-order valence-corrected chi connectivity index (χ3v) is 5.17. The molecule has 204 valence electrons. The number of ether oxygens (including phenoxy) is 4. The Balaban J connectivity index is 1.12. The molecule has 12 heteroatoms. The lowest BCUT2D eigenvalue weighted by Crippen LogP contribution is -2.24. The fourth-order valence-electron chi connectivity index (χ4n) is 3.16. The lowest BCUT2D eigenvalue weighted by molar-refractivity contribution is -0.122. The van der Waals surface area contributed by atoms with Crippen molar-refractivity contribution in [3.05, 3.63) is 65.5 Å². The smallest absolute Gasteiger partial charge is 0.222 e. The molecule has 0 fully saturated rings. The predicted molar refractivity (Wildman–Crippen MR) is 138 cm³/mol. The lowest BCUT2D eigenvalue weighted by Gasteiger charge is -2.09. The summed E-state index contributed by atoms with van der Waals surface area (Å²) in [6.45, 7) is 5.52. The van der Waals surface area contributed by atoms with E-state index in [0.29, 0.717) is 71.0 Å². The highest BCUT2D eigenvalue weighted by Gasteiger charge is 2.05. The number of amides is 1. The van der Waals surface area contributed by atoms with E-state index in [2.05, 4.69) is 30.5 Å². The van der Waals surface area contributed by atoms with Gasteiger partial charge < -0.3 is 24.3 Å². The molecule has 0 saturated heterocycles. The van der Waals surface area contributed by atoms with Gasteiger partial charge in [-0.05, 0) is 30.2 Å². The van der Waals surface area contributed by atoms with Crippen LogP contribution >= 0.6 is 0 Å². The fourth-order valence-corrected chi connectivity index (χ4v) is 3.16. The van der Waals surface area contributed by atoms with E-state index in [4.69, 9.17) is 24.8 Å². The summed E-state index contributed by atoms with van der Waals surface area (Å²) in [5.74, 6) is 6.71. The second-order valence-electron chi connectivity index (χ2n) is 8.14. The minimum atomic E-state index is -0.0820. The number of aryl methyl sites for hydroxylation is 1. The molecule has 0 aliphatic carbocycles. The Morgan fingerprint density at radius 2 is 1.34 bits per heavy atom. The van der Waals surface area contributed by atoms with Crippen LogP contribution in [-0.2, 0) is 37.0 Å². The van der Waals surface area contributed by atoms with Crippen LogP contribution in [0.3, 0.4) is 0 Å². The van der Waals surface area contributed by atoms with E-state index in [-0.39, 0.29) is 12.3 Å². The highest BCUT2D eigenvalue weighted by atomic mass is 16.6. The van der Waals surface area contributed by atoms with Gasteiger partial charge in [0.05, 0.1) is 46.2 Å². The van der Waals surface area contributed by atoms with E-state index < -0.39 is 0 Å². The molecule has 3 rings (SSSR count). The van der Waals surface area contributed by atoms with E-state index in [0.717, 1.165) is 22.4 Å². The molecule has 12 nitrogen and oxygen atoms in total. The van der Waals surface area contributed by atoms with E-state index >= 15 is 0 Å². The van der Waals surface area contributed by atoms with Gasteiger partial charge in [-0.1, -0.05) is 36.4 Å². The molecule has 0 aliphatic rings. The molecule has 3 N–H and O–H groups in total. The number of rotatable bonds is 18. The standard InChI is InChI=1S/C26H34N6O6/c1-20-29-31-26(32-30-20)23-6-2-21(3-7-23)18-28-25(33)10-11-34-12-13-35-14-15-36-16-17-37-24-8-4-22(5-9-24)19-38-27/h2-9H,10-19,27H2,1H3,(H,28,33). The molecule has 1 aromatic heterocycles. The summed E-state index contributed by atoms with van der Waals surface area (Å²) in [6, 6.07) is 15.1. The summed E-state index contributed by atoms with van der Waals surface area (Å²) < 4.78 is 22.0. The van der Waals surface area contributed by atoms with Crippen molar-refractivity contribution in [2.45, 2.75) is 26.5 Å². The average Bonchev–Trinajstić information content (AvgIpc) is 2.94. The van der Waals surface area contributed by atoms with Crippen LogP contribution in [0.4, 0.5) is 0 Å². The number of nitrogens with zero attached hydrogens (tertiary/aromatic N) is 4. The minimum absolute atomic E-state index is 0.0820. The van der Waals surface area contributed by atoms with Crippen molar-refractivity contribution in [3.8, 4) is 17.1 Å². The maximum atomic E-state index is 12.0. The number of hydrogen-bond donors (Lipinski definition) is 2. The van der Waals surface area contributed by atoms with Crippen LogP contribution in [0.25, 0.3) is 11.4 Å². The topological polar surface area (TPSA) is 153 Å². The van der Waals surface area contributed by atoms with Gasteiger partial charge in [-0.15, -0.1) is 20.4 Å². The number of carbonyl (C=O) groups excluding carboxylic acids is 1. The highest BCUT2D eigenvalue weighted by molar-refractivity contribution is 5.76. The van der Waals surface area contributed by atoms with Gasteiger partial charge in [-0.2, -0.15) is 0 Å². The molecule has 2 aromatic carbocycles. The predicted octanol–water partition coefficient (Wildman–Crippen LogP) is 1.77. The molecule has 1 amide bonds. The molecule has 0 unspecified atom stereocenters. The Kier molecular flexibility index (Phi) is 13.0. The van der Waals surface area contributed by atoms with Gasteiger partial charge in [0.15, 0.2) is 5.82 Å².